The highest BCUT2D eigenvalue weighted by Crippen LogP contribution is 2.26. The fourth-order valence-electron chi connectivity index (χ4n) is 2.66. The van der Waals surface area contributed by atoms with Crippen molar-refractivity contribution in [2.24, 2.45) is 0 Å². The molecule has 0 bridgehead atoms. The molecule has 0 aliphatic heterocycles. The maximum atomic E-state index is 12.6. The zero-order valence-corrected chi connectivity index (χ0v) is 17.6. The third-order valence-electron chi connectivity index (χ3n) is 4.17. The molecule has 1 unspecified atom stereocenters. The van der Waals surface area contributed by atoms with Gasteiger partial charge in [-0.25, -0.2) is 0 Å². The minimum atomic E-state index is -0.445. The van der Waals surface area contributed by atoms with Crippen LogP contribution in [-0.2, 0) is 9.59 Å². The van der Waals surface area contributed by atoms with Gasteiger partial charge in [-0.05, 0) is 56.3 Å². The number of nitrogens with zero attached hydrogens (tertiary/aromatic N) is 3. The molecule has 0 spiro atoms. The smallest absolute Gasteiger partial charge is 0.237 e. The number of Topliss-reactive ketones (excluding diaryl/α,β-unsaturated/α-hetero) is 1. The highest BCUT2D eigenvalue weighted by atomic mass is 32.2. The molecular weight excluding hydrogens is 402 g/mol. The Kier molecular flexibility index (Phi) is 6.63. The van der Waals surface area contributed by atoms with Crippen LogP contribution in [0, 0.1) is 0 Å². The molecule has 3 aromatic rings. The maximum Gasteiger partial charge on any atom is 0.237 e. The van der Waals surface area contributed by atoms with E-state index in [0.717, 1.165) is 5.69 Å². The molecule has 0 fully saturated rings. The van der Waals surface area contributed by atoms with Crippen LogP contribution in [0.4, 0.5) is 11.4 Å². The Morgan fingerprint density at radius 1 is 1.00 bits per heavy atom. The van der Waals surface area contributed by atoms with Crippen LogP contribution in [0.3, 0.4) is 0 Å². The van der Waals surface area contributed by atoms with Crippen molar-refractivity contribution in [2.75, 3.05) is 10.6 Å². The molecule has 8 nitrogen and oxygen atoms in total. The second kappa shape index (κ2) is 9.36. The standard InChI is InChI=1S/C21H21N5O3S/c1-13(27)16-7-9-17(10-8-16)24-20(29)14(2)30-21-25-22-12-26(21)19-6-4-5-18(11-19)23-15(3)28/h4-12,14H,1-3H3,(H,23,28)(H,24,29). The van der Waals surface area contributed by atoms with Gasteiger partial charge in [0.1, 0.15) is 6.33 Å². The van der Waals surface area contributed by atoms with Crippen LogP contribution in [0.1, 0.15) is 31.1 Å². The molecule has 2 amide bonds. The monoisotopic (exact) mass is 423 g/mol. The van der Waals surface area contributed by atoms with Crippen LogP contribution < -0.4 is 10.6 Å². The van der Waals surface area contributed by atoms with E-state index in [1.165, 1.54) is 25.6 Å². The molecule has 0 aliphatic rings. The number of carbonyl (C=O) groups excluding carboxylic acids is 3. The number of hydrogen-bond donors (Lipinski definition) is 2. The van der Waals surface area contributed by atoms with Gasteiger partial charge in [-0.1, -0.05) is 17.8 Å². The molecule has 0 saturated carbocycles. The molecule has 154 valence electrons. The van der Waals surface area contributed by atoms with E-state index >= 15 is 0 Å². The third kappa shape index (κ3) is 5.32. The lowest BCUT2D eigenvalue weighted by molar-refractivity contribution is -0.115. The van der Waals surface area contributed by atoms with Gasteiger partial charge in [0.25, 0.3) is 0 Å². The van der Waals surface area contributed by atoms with Crippen molar-refractivity contribution in [1.29, 1.82) is 0 Å². The first-order chi connectivity index (χ1) is 14.3. The molecule has 1 atom stereocenters. The van der Waals surface area contributed by atoms with E-state index in [4.69, 9.17) is 0 Å². The Hall–Kier alpha value is -3.46. The Bertz CT molecular complexity index is 1080. The summed E-state index contributed by atoms with van der Waals surface area (Å²) in [5, 5.41) is 13.7. The van der Waals surface area contributed by atoms with Crippen LogP contribution in [-0.4, -0.2) is 37.6 Å². The van der Waals surface area contributed by atoms with Crippen LogP contribution >= 0.6 is 11.8 Å². The van der Waals surface area contributed by atoms with Gasteiger partial charge in [0.15, 0.2) is 10.9 Å². The topological polar surface area (TPSA) is 106 Å². The van der Waals surface area contributed by atoms with E-state index in [2.05, 4.69) is 20.8 Å². The number of benzene rings is 2. The second-order valence-electron chi connectivity index (χ2n) is 6.60. The average Bonchev–Trinajstić information content (AvgIpc) is 3.16. The van der Waals surface area contributed by atoms with Crippen molar-refractivity contribution in [2.45, 2.75) is 31.2 Å². The van der Waals surface area contributed by atoms with Crippen molar-refractivity contribution in [1.82, 2.24) is 14.8 Å². The van der Waals surface area contributed by atoms with E-state index in [-0.39, 0.29) is 17.6 Å². The van der Waals surface area contributed by atoms with Crippen molar-refractivity contribution >= 4 is 40.7 Å². The molecule has 0 saturated heterocycles. The summed E-state index contributed by atoms with van der Waals surface area (Å²) in [5.41, 5.74) is 2.62. The molecule has 9 heteroatoms. The van der Waals surface area contributed by atoms with Gasteiger partial charge in [-0.3, -0.25) is 19.0 Å². The average molecular weight is 423 g/mol. The van der Waals surface area contributed by atoms with Crippen molar-refractivity contribution in [3.8, 4) is 5.69 Å². The minimum absolute atomic E-state index is 0.0290. The number of nitrogens with one attached hydrogen (secondary N) is 2. The zero-order chi connectivity index (χ0) is 21.7. The number of carbonyl (C=O) groups is 3. The zero-order valence-electron chi connectivity index (χ0n) is 16.7. The number of amides is 2. The van der Waals surface area contributed by atoms with Gasteiger partial charge in [-0.15, -0.1) is 10.2 Å². The molecule has 3 rings (SSSR count). The molecule has 2 N–H and O–H groups in total. The summed E-state index contributed by atoms with van der Waals surface area (Å²) < 4.78 is 1.75. The summed E-state index contributed by atoms with van der Waals surface area (Å²) in [6.45, 7) is 4.71. The van der Waals surface area contributed by atoms with Gasteiger partial charge in [0.05, 0.1) is 10.9 Å². The predicted molar refractivity (Wildman–Crippen MR) is 116 cm³/mol. The number of ketones is 1. The first-order valence-corrected chi connectivity index (χ1v) is 10.1. The number of hydrogen-bond acceptors (Lipinski definition) is 6. The van der Waals surface area contributed by atoms with E-state index in [1.807, 2.05) is 12.1 Å². The SMILES string of the molecule is CC(=O)Nc1cccc(-n2cnnc2SC(C)C(=O)Nc2ccc(C(C)=O)cc2)c1. The van der Waals surface area contributed by atoms with Crippen LogP contribution in [0.2, 0.25) is 0 Å². The molecule has 1 aromatic heterocycles. The summed E-state index contributed by atoms with van der Waals surface area (Å²) in [4.78, 5) is 35.2. The highest BCUT2D eigenvalue weighted by Gasteiger charge is 2.19. The summed E-state index contributed by atoms with van der Waals surface area (Å²) in [7, 11) is 0. The molecule has 0 aliphatic carbocycles. The van der Waals surface area contributed by atoms with E-state index in [9.17, 15) is 14.4 Å². The third-order valence-corrected chi connectivity index (χ3v) is 5.23. The number of anilines is 2. The maximum absolute atomic E-state index is 12.6. The van der Waals surface area contributed by atoms with Gasteiger partial charge >= 0.3 is 0 Å². The Balaban J connectivity index is 1.70. The lowest BCUT2D eigenvalue weighted by atomic mass is 10.1. The quantitative estimate of drug-likeness (QED) is 0.445. The first-order valence-electron chi connectivity index (χ1n) is 9.20. The summed E-state index contributed by atoms with van der Waals surface area (Å²) >= 11 is 1.26. The summed E-state index contributed by atoms with van der Waals surface area (Å²) in [5.74, 6) is -0.386. The van der Waals surface area contributed by atoms with E-state index < -0.39 is 5.25 Å². The van der Waals surface area contributed by atoms with E-state index in [0.29, 0.717) is 22.1 Å². The lowest BCUT2D eigenvalue weighted by Gasteiger charge is -2.13. The first kappa shape index (κ1) is 21.3. The fourth-order valence-corrected chi connectivity index (χ4v) is 3.51. The summed E-state index contributed by atoms with van der Waals surface area (Å²) in [6, 6.07) is 14.0. The van der Waals surface area contributed by atoms with Gasteiger partial charge < -0.3 is 10.6 Å². The van der Waals surface area contributed by atoms with Gasteiger partial charge in [-0.2, -0.15) is 0 Å². The predicted octanol–water partition coefficient (Wildman–Crippen LogP) is 3.55. The molecule has 2 aromatic carbocycles. The molecule has 1 heterocycles. The number of thioether (sulfide) groups is 1. The number of rotatable bonds is 7. The molecule has 0 radical (unpaired) electrons. The van der Waals surface area contributed by atoms with Crippen LogP contribution in [0.25, 0.3) is 5.69 Å². The molecular formula is C21H21N5O3S. The lowest BCUT2D eigenvalue weighted by Crippen LogP contribution is -2.22. The number of aromatic nitrogens is 3. The largest absolute Gasteiger partial charge is 0.326 e. The van der Waals surface area contributed by atoms with Crippen molar-refractivity contribution in [3.63, 3.8) is 0 Å². The summed E-state index contributed by atoms with van der Waals surface area (Å²) in [6.07, 6.45) is 1.56. The van der Waals surface area contributed by atoms with Crippen LogP contribution in [0.5, 0.6) is 0 Å². The fraction of sp³-hybridized carbons (Fsp3) is 0.190. The second-order valence-corrected chi connectivity index (χ2v) is 7.91. The van der Waals surface area contributed by atoms with Crippen molar-refractivity contribution in [3.05, 3.63) is 60.4 Å². The Morgan fingerprint density at radius 3 is 2.40 bits per heavy atom. The van der Waals surface area contributed by atoms with Crippen LogP contribution in [0.15, 0.2) is 60.0 Å². The van der Waals surface area contributed by atoms with Gasteiger partial charge in [0, 0.05) is 23.9 Å². The van der Waals surface area contributed by atoms with Gasteiger partial charge in [0.2, 0.25) is 11.8 Å². The van der Waals surface area contributed by atoms with E-state index in [1.54, 1.807) is 54.2 Å². The van der Waals surface area contributed by atoms with Crippen molar-refractivity contribution < 1.29 is 14.4 Å². The minimum Gasteiger partial charge on any atom is -0.326 e. The highest BCUT2D eigenvalue weighted by molar-refractivity contribution is 8.00. The Morgan fingerprint density at radius 2 is 1.73 bits per heavy atom. The molecule has 30 heavy (non-hydrogen) atoms. The Labute approximate surface area is 178 Å². The normalized spacial score (nSPS) is 11.6.